The third kappa shape index (κ3) is 1.88. The molecule has 1 fully saturated rings. The van der Waals surface area contributed by atoms with Crippen LogP contribution in [-0.4, -0.2) is 18.9 Å². The Bertz CT molecular complexity index is 581. The van der Waals surface area contributed by atoms with E-state index in [4.69, 9.17) is 0 Å². The maximum atomic E-state index is 12.8. The molecule has 1 aliphatic rings. The second kappa shape index (κ2) is 4.48. The van der Waals surface area contributed by atoms with E-state index in [9.17, 15) is 4.79 Å². The second-order valence-electron chi connectivity index (χ2n) is 5.31. The van der Waals surface area contributed by atoms with Crippen LogP contribution in [0.4, 0.5) is 0 Å². The Balaban J connectivity index is 2.03. The Kier molecular flexibility index (Phi) is 2.96. The molecule has 3 rings (SSSR count). The molecule has 0 radical (unpaired) electrons. The summed E-state index contributed by atoms with van der Waals surface area (Å²) in [6, 6.07) is 8.12. The first-order valence-corrected chi connectivity index (χ1v) is 7.30. The molecule has 1 saturated heterocycles. The van der Waals surface area contributed by atoms with Crippen molar-refractivity contribution in [3.05, 3.63) is 35.2 Å². The maximum absolute atomic E-state index is 12.8. The molecule has 2 nitrogen and oxygen atoms in total. The van der Waals surface area contributed by atoms with Gasteiger partial charge < -0.3 is 5.32 Å². The molecule has 0 saturated carbocycles. The molecular formula is C15H17NOS. The minimum absolute atomic E-state index is 0.240. The Hall–Kier alpha value is -1.19. The van der Waals surface area contributed by atoms with Gasteiger partial charge in [-0.3, -0.25) is 4.79 Å². The third-order valence-electron chi connectivity index (χ3n) is 3.87. The van der Waals surface area contributed by atoms with Crippen molar-refractivity contribution in [3.63, 3.8) is 0 Å². The van der Waals surface area contributed by atoms with E-state index >= 15 is 0 Å². The van der Waals surface area contributed by atoms with Crippen molar-refractivity contribution >= 4 is 27.2 Å². The second-order valence-corrected chi connectivity index (χ2v) is 6.23. The monoisotopic (exact) mass is 259 g/mol. The van der Waals surface area contributed by atoms with E-state index in [0.717, 1.165) is 36.2 Å². The van der Waals surface area contributed by atoms with Gasteiger partial charge in [-0.2, -0.15) is 0 Å². The number of piperidine rings is 1. The lowest BCUT2D eigenvalue weighted by Crippen LogP contribution is -2.43. The van der Waals surface area contributed by atoms with Gasteiger partial charge in [-0.15, -0.1) is 11.3 Å². The van der Waals surface area contributed by atoms with Crippen molar-refractivity contribution < 1.29 is 4.79 Å². The van der Waals surface area contributed by atoms with Crippen LogP contribution in [0.1, 0.15) is 30.1 Å². The molecule has 94 valence electrons. The predicted octanol–water partition coefficient (Wildman–Crippen LogP) is 3.47. The molecule has 0 aliphatic carbocycles. The molecule has 2 aromatic rings. The average Bonchev–Trinajstić information content (AvgIpc) is 2.87. The highest BCUT2D eigenvalue weighted by Gasteiger charge is 2.35. The standard InChI is InChI=1S/C15H17NOS/c1-15(7-3-8-16-10-15)14(17)12-5-2-4-11-6-9-18-13(11)12/h2,4-6,9,16H,3,7-8,10H2,1H3. The summed E-state index contributed by atoms with van der Waals surface area (Å²) >= 11 is 1.66. The van der Waals surface area contributed by atoms with E-state index in [1.165, 1.54) is 5.39 Å². The zero-order valence-electron chi connectivity index (χ0n) is 10.5. The average molecular weight is 259 g/mol. The molecule has 1 N–H and O–H groups in total. The van der Waals surface area contributed by atoms with E-state index in [-0.39, 0.29) is 5.41 Å². The lowest BCUT2D eigenvalue weighted by Gasteiger charge is -2.32. The molecule has 2 heterocycles. The summed E-state index contributed by atoms with van der Waals surface area (Å²) in [6.45, 7) is 3.92. The molecule has 0 spiro atoms. The molecule has 0 bridgehead atoms. The van der Waals surface area contributed by atoms with Gasteiger partial charge in [0.15, 0.2) is 5.78 Å². The number of rotatable bonds is 2. The van der Waals surface area contributed by atoms with Gasteiger partial charge in [0, 0.05) is 22.2 Å². The van der Waals surface area contributed by atoms with Crippen LogP contribution in [0.2, 0.25) is 0 Å². The van der Waals surface area contributed by atoms with Gasteiger partial charge in [0.2, 0.25) is 0 Å². The highest BCUT2D eigenvalue weighted by molar-refractivity contribution is 7.17. The first-order chi connectivity index (χ1) is 8.71. The van der Waals surface area contributed by atoms with Gasteiger partial charge in [0.05, 0.1) is 0 Å². The summed E-state index contributed by atoms with van der Waals surface area (Å²) in [5.41, 5.74) is 0.657. The lowest BCUT2D eigenvalue weighted by atomic mass is 9.76. The number of hydrogen-bond acceptors (Lipinski definition) is 3. The molecule has 3 heteroatoms. The zero-order chi connectivity index (χ0) is 12.6. The Morgan fingerprint density at radius 1 is 1.39 bits per heavy atom. The fourth-order valence-corrected chi connectivity index (χ4v) is 3.66. The summed E-state index contributed by atoms with van der Waals surface area (Å²) in [4.78, 5) is 12.8. The fraction of sp³-hybridized carbons (Fsp3) is 0.400. The van der Waals surface area contributed by atoms with Gasteiger partial charge >= 0.3 is 0 Å². The molecule has 1 aromatic heterocycles. The van der Waals surface area contributed by atoms with Crippen molar-refractivity contribution in [2.75, 3.05) is 13.1 Å². The number of benzene rings is 1. The quantitative estimate of drug-likeness (QED) is 0.837. The maximum Gasteiger partial charge on any atom is 0.171 e. The van der Waals surface area contributed by atoms with Crippen molar-refractivity contribution in [2.45, 2.75) is 19.8 Å². The van der Waals surface area contributed by atoms with Gasteiger partial charge in [0.1, 0.15) is 0 Å². The van der Waals surface area contributed by atoms with E-state index in [1.54, 1.807) is 11.3 Å². The highest BCUT2D eigenvalue weighted by atomic mass is 32.1. The summed E-state index contributed by atoms with van der Waals surface area (Å²) in [6.07, 6.45) is 2.07. The highest BCUT2D eigenvalue weighted by Crippen LogP contribution is 2.34. The topological polar surface area (TPSA) is 29.1 Å². The number of carbonyl (C=O) groups excluding carboxylic acids is 1. The number of ketones is 1. The third-order valence-corrected chi connectivity index (χ3v) is 4.83. The number of carbonyl (C=O) groups is 1. The van der Waals surface area contributed by atoms with Gasteiger partial charge in [-0.1, -0.05) is 19.1 Å². The summed E-state index contributed by atoms with van der Waals surface area (Å²) in [5.74, 6) is 0.294. The normalized spacial score (nSPS) is 24.3. The minimum atomic E-state index is -0.240. The first-order valence-electron chi connectivity index (χ1n) is 6.42. The molecule has 0 amide bonds. The van der Waals surface area contributed by atoms with E-state index in [2.05, 4.69) is 29.8 Å². The number of fused-ring (bicyclic) bond motifs is 1. The van der Waals surface area contributed by atoms with Crippen LogP contribution in [0, 0.1) is 5.41 Å². The van der Waals surface area contributed by atoms with Crippen molar-refractivity contribution in [3.8, 4) is 0 Å². The molecule has 18 heavy (non-hydrogen) atoms. The molecular weight excluding hydrogens is 242 g/mol. The van der Waals surface area contributed by atoms with Crippen molar-refractivity contribution in [1.29, 1.82) is 0 Å². The largest absolute Gasteiger partial charge is 0.316 e. The SMILES string of the molecule is CC1(C(=O)c2cccc3ccsc23)CCCNC1. The number of nitrogens with one attached hydrogen (secondary N) is 1. The molecule has 1 unspecified atom stereocenters. The van der Waals surface area contributed by atoms with Crippen LogP contribution < -0.4 is 5.32 Å². The Labute approximate surface area is 111 Å². The molecule has 1 aliphatic heterocycles. The Morgan fingerprint density at radius 2 is 2.28 bits per heavy atom. The fourth-order valence-electron chi connectivity index (χ4n) is 2.75. The van der Waals surface area contributed by atoms with Crippen LogP contribution in [0.3, 0.4) is 0 Å². The number of hydrogen-bond donors (Lipinski definition) is 1. The van der Waals surface area contributed by atoms with Crippen LogP contribution >= 0.6 is 11.3 Å². The van der Waals surface area contributed by atoms with Crippen LogP contribution in [-0.2, 0) is 0 Å². The summed E-state index contributed by atoms with van der Waals surface area (Å²) < 4.78 is 1.13. The van der Waals surface area contributed by atoms with Crippen LogP contribution in [0.25, 0.3) is 10.1 Å². The molecule has 1 aromatic carbocycles. The lowest BCUT2D eigenvalue weighted by molar-refractivity contribution is 0.0775. The van der Waals surface area contributed by atoms with Crippen molar-refractivity contribution in [2.24, 2.45) is 5.41 Å². The summed E-state index contributed by atoms with van der Waals surface area (Å²) in [5, 5.41) is 6.59. The zero-order valence-corrected chi connectivity index (χ0v) is 11.3. The summed E-state index contributed by atoms with van der Waals surface area (Å²) in [7, 11) is 0. The molecule has 1 atom stereocenters. The predicted molar refractivity (Wildman–Crippen MR) is 76.4 cm³/mol. The van der Waals surface area contributed by atoms with Gasteiger partial charge in [0.25, 0.3) is 0 Å². The Morgan fingerprint density at radius 3 is 3.06 bits per heavy atom. The van der Waals surface area contributed by atoms with E-state index < -0.39 is 0 Å². The van der Waals surface area contributed by atoms with Crippen molar-refractivity contribution in [1.82, 2.24) is 5.32 Å². The minimum Gasteiger partial charge on any atom is -0.316 e. The number of Topliss-reactive ketones (excluding diaryl/α,β-unsaturated/α-hetero) is 1. The smallest absolute Gasteiger partial charge is 0.171 e. The van der Waals surface area contributed by atoms with Gasteiger partial charge in [-0.25, -0.2) is 0 Å². The number of thiophene rings is 1. The first kappa shape index (κ1) is 11.9. The van der Waals surface area contributed by atoms with Gasteiger partial charge in [-0.05, 0) is 42.3 Å². The van der Waals surface area contributed by atoms with Crippen LogP contribution in [0.15, 0.2) is 29.6 Å². The van der Waals surface area contributed by atoms with E-state index in [0.29, 0.717) is 5.78 Å². The van der Waals surface area contributed by atoms with Crippen LogP contribution in [0.5, 0.6) is 0 Å². The van der Waals surface area contributed by atoms with E-state index in [1.807, 2.05) is 12.1 Å².